The molecule has 0 aromatic heterocycles. The standard InChI is InChI=1S/C33H37N2/c1-22-20-32(3,4)34(7)29-16-14-25(18-27(22)29)31(24-12-10-9-11-13-24)26-15-17-30-28(19-26)23(2)21-33(5,6)35(30)8/h9-21H,1-8H3/q+1. The monoisotopic (exact) mass is 461 g/mol. The quantitative estimate of drug-likeness (QED) is 0.432. The third-order valence-corrected chi connectivity index (χ3v) is 8.07. The van der Waals surface area contributed by atoms with Crippen molar-refractivity contribution in [1.29, 1.82) is 0 Å². The Labute approximate surface area is 210 Å². The minimum absolute atomic E-state index is 0.00668. The predicted molar refractivity (Wildman–Crippen MR) is 151 cm³/mol. The van der Waals surface area contributed by atoms with Crippen molar-refractivity contribution in [3.05, 3.63) is 112 Å². The number of anilines is 1. The van der Waals surface area contributed by atoms with Crippen LogP contribution in [0.25, 0.3) is 16.7 Å². The fourth-order valence-corrected chi connectivity index (χ4v) is 5.73. The van der Waals surface area contributed by atoms with E-state index < -0.39 is 0 Å². The molecule has 3 aromatic carbocycles. The second kappa shape index (κ2) is 8.09. The third-order valence-electron chi connectivity index (χ3n) is 8.07. The van der Waals surface area contributed by atoms with Crippen LogP contribution in [0.1, 0.15) is 63.8 Å². The van der Waals surface area contributed by atoms with Gasteiger partial charge in [0.25, 0.3) is 0 Å². The molecule has 0 radical (unpaired) electrons. The van der Waals surface area contributed by atoms with Gasteiger partial charge in [-0.15, -0.1) is 0 Å². The first-order chi connectivity index (χ1) is 16.5. The molecule has 178 valence electrons. The molecule has 2 heteroatoms. The highest BCUT2D eigenvalue weighted by Gasteiger charge is 2.31. The van der Waals surface area contributed by atoms with Crippen LogP contribution in [0.3, 0.4) is 0 Å². The van der Waals surface area contributed by atoms with E-state index in [2.05, 4.69) is 144 Å². The van der Waals surface area contributed by atoms with Gasteiger partial charge in [-0.25, -0.2) is 4.58 Å². The van der Waals surface area contributed by atoms with E-state index in [1.165, 1.54) is 55.2 Å². The lowest BCUT2D eigenvalue weighted by atomic mass is 9.86. The zero-order valence-corrected chi connectivity index (χ0v) is 22.4. The summed E-state index contributed by atoms with van der Waals surface area (Å²) in [6.45, 7) is 13.6. The number of likely N-dealkylation sites (N-methyl/N-ethyl adjacent to an activating group) is 2. The van der Waals surface area contributed by atoms with Crippen molar-refractivity contribution in [2.75, 3.05) is 19.0 Å². The molecular weight excluding hydrogens is 424 g/mol. The summed E-state index contributed by atoms with van der Waals surface area (Å²) in [5.41, 5.74) is 10.4. The van der Waals surface area contributed by atoms with Crippen molar-refractivity contribution in [2.24, 2.45) is 0 Å². The van der Waals surface area contributed by atoms with E-state index in [4.69, 9.17) is 0 Å². The highest BCUT2D eigenvalue weighted by atomic mass is 15.2. The van der Waals surface area contributed by atoms with Crippen LogP contribution in [-0.4, -0.2) is 25.2 Å². The Bertz CT molecular complexity index is 1520. The minimum Gasteiger partial charge on any atom is -0.366 e. The average Bonchev–Trinajstić information content (AvgIpc) is 2.82. The zero-order valence-electron chi connectivity index (χ0n) is 22.4. The van der Waals surface area contributed by atoms with Crippen LogP contribution in [0.15, 0.2) is 78.9 Å². The van der Waals surface area contributed by atoms with Gasteiger partial charge >= 0.3 is 0 Å². The Morgan fingerprint density at radius 1 is 0.743 bits per heavy atom. The fraction of sp³-hybridized carbons (Fsp3) is 0.303. The summed E-state index contributed by atoms with van der Waals surface area (Å²) in [4.78, 5) is 2.38. The second-order valence-corrected chi connectivity index (χ2v) is 11.3. The van der Waals surface area contributed by atoms with Crippen LogP contribution >= 0.6 is 0 Å². The molecule has 0 amide bonds. The maximum atomic E-state index is 2.38. The lowest BCUT2D eigenvalue weighted by Gasteiger charge is -2.40. The number of hydrogen-bond donors (Lipinski definition) is 0. The molecule has 5 rings (SSSR count). The van der Waals surface area contributed by atoms with Crippen LogP contribution in [0.4, 0.5) is 5.69 Å². The van der Waals surface area contributed by atoms with Crippen molar-refractivity contribution < 1.29 is 0 Å². The maximum Gasteiger partial charge on any atom is 0.207 e. The Kier molecular flexibility index (Phi) is 5.40. The van der Waals surface area contributed by atoms with Crippen LogP contribution < -0.4 is 20.1 Å². The van der Waals surface area contributed by atoms with E-state index in [0.717, 1.165) is 0 Å². The Morgan fingerprint density at radius 3 is 2.14 bits per heavy atom. The molecule has 2 nitrogen and oxygen atoms in total. The Morgan fingerprint density at radius 2 is 1.43 bits per heavy atom. The Hall–Kier alpha value is -3.39. The molecular formula is C33H37N2+. The largest absolute Gasteiger partial charge is 0.366 e. The van der Waals surface area contributed by atoms with Crippen LogP contribution in [0, 0.1) is 0 Å². The molecule has 3 aromatic rings. The number of nitrogens with zero attached hydrogens (tertiary/aromatic N) is 2. The first-order valence-corrected chi connectivity index (χ1v) is 12.6. The van der Waals surface area contributed by atoms with Crippen molar-refractivity contribution in [2.45, 2.75) is 52.6 Å². The smallest absolute Gasteiger partial charge is 0.207 e. The third kappa shape index (κ3) is 3.86. The van der Waals surface area contributed by atoms with Gasteiger partial charge < -0.3 is 4.90 Å². The number of benzene rings is 3. The molecule has 0 spiro atoms. The average molecular weight is 462 g/mol. The van der Waals surface area contributed by atoms with Crippen LogP contribution in [0.2, 0.25) is 0 Å². The Balaban J connectivity index is 1.81. The first-order valence-electron chi connectivity index (χ1n) is 12.6. The van der Waals surface area contributed by atoms with E-state index in [1.807, 2.05) is 0 Å². The molecule has 0 N–H and O–H groups in total. The summed E-state index contributed by atoms with van der Waals surface area (Å²) in [5, 5.41) is 2.54. The molecule has 0 unspecified atom stereocenters. The summed E-state index contributed by atoms with van der Waals surface area (Å²) in [7, 11) is 4.39. The molecule has 2 aliphatic heterocycles. The van der Waals surface area contributed by atoms with Gasteiger partial charge in [0.05, 0.1) is 5.54 Å². The summed E-state index contributed by atoms with van der Waals surface area (Å²) < 4.78 is 2.38. The van der Waals surface area contributed by atoms with Gasteiger partial charge in [-0.05, 0) is 91.1 Å². The zero-order chi connectivity index (χ0) is 25.1. The highest BCUT2D eigenvalue weighted by Crippen LogP contribution is 2.39. The molecule has 35 heavy (non-hydrogen) atoms. The molecule has 0 fully saturated rings. The van der Waals surface area contributed by atoms with Crippen LogP contribution in [0.5, 0.6) is 0 Å². The van der Waals surface area contributed by atoms with Gasteiger partial charge in [0.1, 0.15) is 7.05 Å². The molecule has 2 heterocycles. The number of allylic oxidation sites excluding steroid dienone is 2. The van der Waals surface area contributed by atoms with Gasteiger partial charge in [0.2, 0.25) is 5.36 Å². The molecule has 0 saturated carbocycles. The normalized spacial score (nSPS) is 18.9. The summed E-state index contributed by atoms with van der Waals surface area (Å²) in [5.74, 6) is 0. The van der Waals surface area contributed by atoms with Gasteiger partial charge in [0, 0.05) is 43.8 Å². The summed E-state index contributed by atoms with van der Waals surface area (Å²) in [6.07, 6.45) is 4.76. The van der Waals surface area contributed by atoms with E-state index in [1.54, 1.807) is 0 Å². The van der Waals surface area contributed by atoms with Crippen molar-refractivity contribution in [1.82, 2.24) is 4.58 Å². The SMILES string of the molecule is CC1=CC(C)(C)N(C)c2ccc(C(c3ccccc3)=c3ccc4c(c3)C(C)=CC(C)(C)[N+]=4C)cc21. The van der Waals surface area contributed by atoms with Crippen LogP contribution in [-0.2, 0) is 0 Å². The lowest BCUT2D eigenvalue weighted by molar-refractivity contribution is 0.439. The first kappa shape index (κ1) is 23.4. The van der Waals surface area contributed by atoms with E-state index >= 15 is 0 Å². The number of rotatable bonds is 2. The van der Waals surface area contributed by atoms with Gasteiger partial charge in [-0.1, -0.05) is 42.5 Å². The molecule has 0 aliphatic carbocycles. The van der Waals surface area contributed by atoms with Crippen molar-refractivity contribution >= 4 is 22.4 Å². The topological polar surface area (TPSA) is 6.25 Å². The predicted octanol–water partition coefficient (Wildman–Crippen LogP) is 5.88. The molecule has 0 atom stereocenters. The second-order valence-electron chi connectivity index (χ2n) is 11.3. The van der Waals surface area contributed by atoms with E-state index in [9.17, 15) is 0 Å². The molecule has 2 aliphatic rings. The lowest BCUT2D eigenvalue weighted by Crippen LogP contribution is -2.46. The fourth-order valence-electron chi connectivity index (χ4n) is 5.73. The van der Waals surface area contributed by atoms with Gasteiger partial charge in [-0.3, -0.25) is 0 Å². The number of fused-ring (bicyclic) bond motifs is 2. The summed E-state index contributed by atoms with van der Waals surface area (Å²) >= 11 is 0. The minimum atomic E-state index is 0.00668. The maximum absolute atomic E-state index is 2.38. The number of hydrogen-bond acceptors (Lipinski definition) is 1. The highest BCUT2D eigenvalue weighted by molar-refractivity contribution is 5.87. The van der Waals surface area contributed by atoms with Crippen molar-refractivity contribution in [3.8, 4) is 0 Å². The van der Waals surface area contributed by atoms with Gasteiger partial charge in [-0.2, -0.15) is 0 Å². The summed E-state index contributed by atoms with van der Waals surface area (Å²) in [6, 6.07) is 24.8. The van der Waals surface area contributed by atoms with E-state index in [-0.39, 0.29) is 11.1 Å². The van der Waals surface area contributed by atoms with Gasteiger partial charge in [0.15, 0.2) is 5.54 Å². The molecule has 0 saturated heterocycles. The van der Waals surface area contributed by atoms with Crippen molar-refractivity contribution in [3.63, 3.8) is 0 Å². The molecule has 0 bridgehead atoms. The van der Waals surface area contributed by atoms with E-state index in [0.29, 0.717) is 0 Å².